The molecule has 0 saturated carbocycles. The van der Waals surface area contributed by atoms with E-state index in [-0.39, 0.29) is 5.91 Å². The van der Waals surface area contributed by atoms with Crippen molar-refractivity contribution >= 4 is 11.6 Å². The number of unbranched alkanes of at least 4 members (excludes halogenated alkanes) is 6. The number of anilines is 1. The van der Waals surface area contributed by atoms with E-state index < -0.39 is 0 Å². The molecule has 0 aromatic heterocycles. The van der Waals surface area contributed by atoms with Gasteiger partial charge in [-0.25, -0.2) is 0 Å². The van der Waals surface area contributed by atoms with Crippen LogP contribution in [0, 0.1) is 0 Å². The molecule has 0 radical (unpaired) electrons. The molecule has 0 aliphatic heterocycles. The van der Waals surface area contributed by atoms with Gasteiger partial charge in [0.1, 0.15) is 0 Å². The zero-order valence-electron chi connectivity index (χ0n) is 14.9. The van der Waals surface area contributed by atoms with Gasteiger partial charge in [-0.2, -0.15) is 0 Å². The molecule has 0 saturated heterocycles. The fourth-order valence-electron chi connectivity index (χ4n) is 2.52. The Balaban J connectivity index is 2.17. The third-order valence-corrected chi connectivity index (χ3v) is 4.02. The predicted molar refractivity (Wildman–Crippen MR) is 102 cm³/mol. The summed E-state index contributed by atoms with van der Waals surface area (Å²) in [5.74, 6) is 0.00200. The minimum absolute atomic E-state index is 0.00200. The minimum atomic E-state index is 0.00200. The van der Waals surface area contributed by atoms with E-state index in [2.05, 4.69) is 10.6 Å². The minimum Gasteiger partial charge on any atom is -0.385 e. The second-order valence-corrected chi connectivity index (χ2v) is 6.17. The summed E-state index contributed by atoms with van der Waals surface area (Å²) in [6.07, 6.45) is 8.98. The molecule has 5 heteroatoms. The third-order valence-electron chi connectivity index (χ3n) is 4.02. The molecule has 0 fully saturated rings. The maximum atomic E-state index is 12.0. The maximum absolute atomic E-state index is 12.0. The van der Waals surface area contributed by atoms with Crippen LogP contribution in [0.5, 0.6) is 0 Å². The Kier molecular flexibility index (Phi) is 11.8. The van der Waals surface area contributed by atoms with E-state index in [0.717, 1.165) is 70.4 Å². The number of carbonyl (C=O) groups is 1. The predicted octanol–water partition coefficient (Wildman–Crippen LogP) is 2.87. The summed E-state index contributed by atoms with van der Waals surface area (Å²) in [6.45, 7) is 3.22. The van der Waals surface area contributed by atoms with Gasteiger partial charge >= 0.3 is 0 Å². The largest absolute Gasteiger partial charge is 0.385 e. The number of hydrogen-bond donors (Lipinski definition) is 4. The highest BCUT2D eigenvalue weighted by Crippen LogP contribution is 2.10. The number of rotatable bonds is 14. The van der Waals surface area contributed by atoms with Crippen molar-refractivity contribution in [3.8, 4) is 0 Å². The quantitative estimate of drug-likeness (QED) is 0.394. The van der Waals surface area contributed by atoms with Crippen LogP contribution in [0.2, 0.25) is 0 Å². The van der Waals surface area contributed by atoms with Gasteiger partial charge in [-0.3, -0.25) is 4.79 Å². The van der Waals surface area contributed by atoms with Gasteiger partial charge in [0.15, 0.2) is 0 Å². The molecule has 0 aliphatic rings. The van der Waals surface area contributed by atoms with Crippen molar-refractivity contribution in [1.29, 1.82) is 0 Å². The molecule has 24 heavy (non-hydrogen) atoms. The summed E-state index contributed by atoms with van der Waals surface area (Å²) in [6, 6.07) is 7.69. The van der Waals surface area contributed by atoms with Gasteiger partial charge in [0.2, 0.25) is 0 Å². The van der Waals surface area contributed by atoms with Crippen molar-refractivity contribution in [3.05, 3.63) is 29.8 Å². The fraction of sp³-hybridized carbons (Fsp3) is 0.632. The van der Waals surface area contributed by atoms with Gasteiger partial charge < -0.3 is 22.1 Å². The van der Waals surface area contributed by atoms with E-state index >= 15 is 0 Å². The molecule has 0 aliphatic carbocycles. The molecule has 1 amide bonds. The molecule has 6 N–H and O–H groups in total. The number of nitrogens with two attached hydrogens (primary N) is 2. The van der Waals surface area contributed by atoms with E-state index in [0.29, 0.717) is 5.56 Å². The van der Waals surface area contributed by atoms with Gasteiger partial charge in [0.05, 0.1) is 0 Å². The van der Waals surface area contributed by atoms with Crippen LogP contribution < -0.4 is 22.1 Å². The van der Waals surface area contributed by atoms with Crippen molar-refractivity contribution in [1.82, 2.24) is 5.32 Å². The van der Waals surface area contributed by atoms with E-state index in [9.17, 15) is 4.79 Å². The summed E-state index contributed by atoms with van der Waals surface area (Å²) in [5.41, 5.74) is 12.7. The first kappa shape index (κ1) is 20.5. The molecule has 136 valence electrons. The van der Waals surface area contributed by atoms with Crippen LogP contribution in [-0.4, -0.2) is 32.1 Å². The Bertz CT molecular complexity index is 433. The SMILES string of the molecule is NCCCCCCNC(=O)c1ccc(NCCCCCCN)cc1. The Morgan fingerprint density at radius 3 is 1.88 bits per heavy atom. The maximum Gasteiger partial charge on any atom is 0.251 e. The van der Waals surface area contributed by atoms with Crippen LogP contribution in [0.15, 0.2) is 24.3 Å². The average Bonchev–Trinajstić information content (AvgIpc) is 2.61. The first-order chi connectivity index (χ1) is 11.8. The highest BCUT2D eigenvalue weighted by Gasteiger charge is 2.04. The number of benzene rings is 1. The van der Waals surface area contributed by atoms with Crippen LogP contribution in [0.1, 0.15) is 61.7 Å². The number of amides is 1. The Labute approximate surface area is 146 Å². The van der Waals surface area contributed by atoms with Crippen molar-refractivity contribution in [2.24, 2.45) is 11.5 Å². The van der Waals surface area contributed by atoms with Crippen molar-refractivity contribution in [2.75, 3.05) is 31.5 Å². The van der Waals surface area contributed by atoms with Crippen LogP contribution >= 0.6 is 0 Å². The average molecular weight is 335 g/mol. The highest BCUT2D eigenvalue weighted by atomic mass is 16.1. The standard InChI is InChI=1S/C19H34N4O/c20-13-5-1-3-7-15-22-18-11-9-17(10-12-18)19(24)23-16-8-4-2-6-14-21/h9-12,22H,1-8,13-16,20-21H2,(H,23,24). The van der Waals surface area contributed by atoms with Crippen LogP contribution in [0.25, 0.3) is 0 Å². The van der Waals surface area contributed by atoms with Crippen LogP contribution in [0.3, 0.4) is 0 Å². The third kappa shape index (κ3) is 9.53. The smallest absolute Gasteiger partial charge is 0.251 e. The lowest BCUT2D eigenvalue weighted by Crippen LogP contribution is -2.24. The summed E-state index contributed by atoms with van der Waals surface area (Å²) in [5, 5.41) is 6.35. The second-order valence-electron chi connectivity index (χ2n) is 6.17. The molecule has 0 atom stereocenters. The molecule has 0 unspecified atom stereocenters. The van der Waals surface area contributed by atoms with Crippen LogP contribution in [-0.2, 0) is 0 Å². The van der Waals surface area contributed by atoms with E-state index in [1.54, 1.807) is 0 Å². The van der Waals surface area contributed by atoms with Crippen LogP contribution in [0.4, 0.5) is 5.69 Å². The molecule has 1 aromatic carbocycles. The highest BCUT2D eigenvalue weighted by molar-refractivity contribution is 5.94. The van der Waals surface area contributed by atoms with Gasteiger partial charge in [0.25, 0.3) is 5.91 Å². The summed E-state index contributed by atoms with van der Waals surface area (Å²) in [7, 11) is 0. The Hall–Kier alpha value is -1.59. The molecule has 0 bridgehead atoms. The molecular weight excluding hydrogens is 300 g/mol. The first-order valence-corrected chi connectivity index (χ1v) is 9.30. The molecule has 1 rings (SSSR count). The number of hydrogen-bond acceptors (Lipinski definition) is 4. The number of nitrogens with one attached hydrogen (secondary N) is 2. The molecule has 1 aromatic rings. The number of carbonyl (C=O) groups excluding carboxylic acids is 1. The Morgan fingerprint density at radius 1 is 0.750 bits per heavy atom. The van der Waals surface area contributed by atoms with Gasteiger partial charge in [-0.1, -0.05) is 25.7 Å². The summed E-state index contributed by atoms with van der Waals surface area (Å²) >= 11 is 0. The zero-order chi connectivity index (χ0) is 17.5. The topological polar surface area (TPSA) is 93.2 Å². The normalized spacial score (nSPS) is 10.6. The first-order valence-electron chi connectivity index (χ1n) is 9.30. The van der Waals surface area contributed by atoms with Crippen molar-refractivity contribution in [2.45, 2.75) is 51.4 Å². The molecule has 5 nitrogen and oxygen atoms in total. The van der Waals surface area contributed by atoms with E-state index in [1.165, 1.54) is 12.8 Å². The second kappa shape index (κ2) is 13.8. The summed E-state index contributed by atoms with van der Waals surface area (Å²) < 4.78 is 0. The molecule has 0 heterocycles. The summed E-state index contributed by atoms with van der Waals surface area (Å²) in [4.78, 5) is 12.0. The monoisotopic (exact) mass is 334 g/mol. The molecule has 0 spiro atoms. The lowest BCUT2D eigenvalue weighted by Gasteiger charge is -2.08. The van der Waals surface area contributed by atoms with Crippen molar-refractivity contribution in [3.63, 3.8) is 0 Å². The van der Waals surface area contributed by atoms with Gasteiger partial charge in [0, 0.05) is 24.3 Å². The lowest BCUT2D eigenvalue weighted by molar-refractivity contribution is 0.0953. The van der Waals surface area contributed by atoms with Gasteiger partial charge in [-0.05, 0) is 63.0 Å². The Morgan fingerprint density at radius 2 is 1.29 bits per heavy atom. The van der Waals surface area contributed by atoms with E-state index in [1.807, 2.05) is 24.3 Å². The van der Waals surface area contributed by atoms with E-state index in [4.69, 9.17) is 11.5 Å². The zero-order valence-corrected chi connectivity index (χ0v) is 14.9. The lowest BCUT2D eigenvalue weighted by atomic mass is 10.1. The van der Waals surface area contributed by atoms with Gasteiger partial charge in [-0.15, -0.1) is 0 Å². The molecular formula is C19H34N4O. The fourth-order valence-corrected chi connectivity index (χ4v) is 2.52. The van der Waals surface area contributed by atoms with Crippen molar-refractivity contribution < 1.29 is 4.79 Å².